The Balaban J connectivity index is 1.83. The van der Waals surface area contributed by atoms with Crippen LogP contribution in [0.2, 0.25) is 0 Å². The number of para-hydroxylation sites is 1. The maximum absolute atomic E-state index is 13.0. The molecule has 1 atom stereocenters. The molecule has 138 valence electrons. The molecule has 1 aliphatic rings. The van der Waals surface area contributed by atoms with Gasteiger partial charge in [-0.1, -0.05) is 25.1 Å². The Hall–Kier alpha value is -2.25. The zero-order valence-electron chi connectivity index (χ0n) is 14.5. The maximum Gasteiger partial charge on any atom is 0.245 e. The Kier molecular flexibility index (Phi) is 5.38. The van der Waals surface area contributed by atoms with E-state index < -0.39 is 21.9 Å². The highest BCUT2D eigenvalue weighted by molar-refractivity contribution is 7.89. The van der Waals surface area contributed by atoms with Gasteiger partial charge in [0.15, 0.2) is 0 Å². The number of nitrogens with one attached hydrogen (secondary N) is 1. The zero-order chi connectivity index (χ0) is 18.7. The van der Waals surface area contributed by atoms with Gasteiger partial charge in [0.25, 0.3) is 0 Å². The summed E-state index contributed by atoms with van der Waals surface area (Å²) in [6.07, 6.45) is 2.06. The molecule has 0 fully saturated rings. The zero-order valence-corrected chi connectivity index (χ0v) is 15.3. The second kappa shape index (κ2) is 7.55. The Labute approximate surface area is 152 Å². The van der Waals surface area contributed by atoms with Crippen molar-refractivity contribution in [3.8, 4) is 0 Å². The summed E-state index contributed by atoms with van der Waals surface area (Å²) in [5.41, 5.74) is 1.92. The molecule has 1 heterocycles. The van der Waals surface area contributed by atoms with E-state index in [1.54, 1.807) is 11.8 Å². The Morgan fingerprint density at radius 1 is 1.19 bits per heavy atom. The molecule has 0 aromatic heterocycles. The quantitative estimate of drug-likeness (QED) is 0.873. The van der Waals surface area contributed by atoms with Crippen molar-refractivity contribution in [2.75, 3.05) is 11.4 Å². The van der Waals surface area contributed by atoms with Crippen LogP contribution < -0.4 is 9.62 Å². The summed E-state index contributed by atoms with van der Waals surface area (Å²) in [7, 11) is -3.91. The minimum absolute atomic E-state index is 0.0656. The minimum Gasteiger partial charge on any atom is -0.311 e. The average Bonchev–Trinajstić information content (AvgIpc) is 2.65. The van der Waals surface area contributed by atoms with Gasteiger partial charge in [-0.25, -0.2) is 12.8 Å². The molecule has 0 spiro atoms. The number of anilines is 1. The topological polar surface area (TPSA) is 66.5 Å². The highest BCUT2D eigenvalue weighted by atomic mass is 32.2. The van der Waals surface area contributed by atoms with Crippen molar-refractivity contribution in [1.82, 2.24) is 4.72 Å². The Morgan fingerprint density at radius 3 is 2.58 bits per heavy atom. The molecule has 3 rings (SSSR count). The van der Waals surface area contributed by atoms with E-state index in [1.807, 2.05) is 24.3 Å². The Morgan fingerprint density at radius 2 is 1.88 bits per heavy atom. The van der Waals surface area contributed by atoms with Crippen LogP contribution in [0.25, 0.3) is 0 Å². The lowest BCUT2D eigenvalue weighted by Gasteiger charge is -2.32. The number of carbonyl (C=O) groups is 1. The van der Waals surface area contributed by atoms with Crippen molar-refractivity contribution < 1.29 is 17.6 Å². The monoisotopic (exact) mass is 376 g/mol. The van der Waals surface area contributed by atoms with Gasteiger partial charge in [-0.3, -0.25) is 4.79 Å². The van der Waals surface area contributed by atoms with Crippen molar-refractivity contribution in [2.45, 2.75) is 37.1 Å². The second-order valence-electron chi connectivity index (χ2n) is 6.26. The molecule has 5 nitrogen and oxygen atoms in total. The number of hydrogen-bond acceptors (Lipinski definition) is 3. The maximum atomic E-state index is 13.0. The lowest BCUT2D eigenvalue weighted by Crippen LogP contribution is -2.49. The summed E-state index contributed by atoms with van der Waals surface area (Å²) < 4.78 is 40.6. The number of carbonyl (C=O) groups excluding carboxylic acids is 1. The van der Waals surface area contributed by atoms with Gasteiger partial charge < -0.3 is 4.90 Å². The normalized spacial score (nSPS) is 15.4. The number of rotatable bonds is 5. The third kappa shape index (κ3) is 3.78. The lowest BCUT2D eigenvalue weighted by atomic mass is 10.0. The van der Waals surface area contributed by atoms with Gasteiger partial charge in [0, 0.05) is 12.2 Å². The summed E-state index contributed by atoms with van der Waals surface area (Å²) in [6, 6.07) is 11.3. The molecule has 1 aliphatic heterocycles. The van der Waals surface area contributed by atoms with Crippen LogP contribution in [0.3, 0.4) is 0 Å². The van der Waals surface area contributed by atoms with Gasteiger partial charge in [-0.15, -0.1) is 0 Å². The molecule has 2 aromatic rings. The van der Waals surface area contributed by atoms with E-state index in [0.29, 0.717) is 13.0 Å². The first kappa shape index (κ1) is 18.5. The van der Waals surface area contributed by atoms with Gasteiger partial charge in [0.1, 0.15) is 11.9 Å². The highest BCUT2D eigenvalue weighted by Gasteiger charge is 2.30. The first-order valence-corrected chi connectivity index (χ1v) is 10.1. The fourth-order valence-electron chi connectivity index (χ4n) is 3.13. The van der Waals surface area contributed by atoms with E-state index in [-0.39, 0.29) is 10.8 Å². The molecule has 1 N–H and O–H groups in total. The summed E-state index contributed by atoms with van der Waals surface area (Å²) in [5.74, 6) is -0.790. The third-order valence-corrected chi connectivity index (χ3v) is 5.99. The van der Waals surface area contributed by atoms with Gasteiger partial charge in [0.2, 0.25) is 15.9 Å². The summed E-state index contributed by atoms with van der Waals surface area (Å²) in [4.78, 5) is 14.6. The molecule has 0 bridgehead atoms. The van der Waals surface area contributed by atoms with Crippen LogP contribution in [-0.4, -0.2) is 26.9 Å². The molecule has 7 heteroatoms. The lowest BCUT2D eigenvalue weighted by molar-refractivity contribution is -0.120. The van der Waals surface area contributed by atoms with E-state index in [0.717, 1.165) is 36.2 Å². The van der Waals surface area contributed by atoms with Crippen molar-refractivity contribution in [3.05, 3.63) is 59.9 Å². The van der Waals surface area contributed by atoms with Crippen molar-refractivity contribution in [3.63, 3.8) is 0 Å². The molecule has 0 radical (unpaired) electrons. The number of amides is 1. The largest absolute Gasteiger partial charge is 0.311 e. The molecule has 26 heavy (non-hydrogen) atoms. The van der Waals surface area contributed by atoms with E-state index in [4.69, 9.17) is 0 Å². The van der Waals surface area contributed by atoms with Gasteiger partial charge in [0.05, 0.1) is 4.90 Å². The van der Waals surface area contributed by atoms with Crippen molar-refractivity contribution >= 4 is 21.6 Å². The third-order valence-electron chi connectivity index (χ3n) is 4.50. The molecule has 1 amide bonds. The molecule has 1 unspecified atom stereocenters. The smallest absolute Gasteiger partial charge is 0.245 e. The molecular weight excluding hydrogens is 355 g/mol. The number of aryl methyl sites for hydroxylation is 1. The molecular formula is C19H21FN2O3S. The van der Waals surface area contributed by atoms with Crippen LogP contribution in [0.15, 0.2) is 53.4 Å². The number of benzene rings is 2. The van der Waals surface area contributed by atoms with Crippen LogP contribution in [-0.2, 0) is 21.2 Å². The highest BCUT2D eigenvalue weighted by Crippen LogP contribution is 2.27. The molecule has 0 saturated carbocycles. The minimum atomic E-state index is -3.91. The second-order valence-corrected chi connectivity index (χ2v) is 7.97. The first-order valence-electron chi connectivity index (χ1n) is 8.59. The number of hydrogen-bond donors (Lipinski definition) is 1. The summed E-state index contributed by atoms with van der Waals surface area (Å²) in [6.45, 7) is 2.32. The van der Waals surface area contributed by atoms with Gasteiger partial charge in [-0.2, -0.15) is 4.72 Å². The first-order chi connectivity index (χ1) is 12.4. The predicted molar refractivity (Wildman–Crippen MR) is 97.9 cm³/mol. The predicted octanol–water partition coefficient (Wildman–Crippen LogP) is 2.86. The van der Waals surface area contributed by atoms with E-state index >= 15 is 0 Å². The van der Waals surface area contributed by atoms with Crippen molar-refractivity contribution in [2.24, 2.45) is 0 Å². The SMILES string of the molecule is CCC(NS(=O)(=O)c1ccc(F)cc1)C(=O)N1CCCc2ccccc21. The van der Waals surface area contributed by atoms with Gasteiger partial charge in [-0.05, 0) is 55.2 Å². The number of nitrogens with zero attached hydrogens (tertiary/aromatic N) is 1. The van der Waals surface area contributed by atoms with Crippen LogP contribution >= 0.6 is 0 Å². The number of fused-ring (bicyclic) bond motifs is 1. The van der Waals surface area contributed by atoms with E-state index in [1.165, 1.54) is 12.1 Å². The van der Waals surface area contributed by atoms with Crippen molar-refractivity contribution in [1.29, 1.82) is 0 Å². The summed E-state index contributed by atoms with van der Waals surface area (Å²) in [5, 5.41) is 0. The van der Waals surface area contributed by atoms with Crippen LogP contribution in [0.5, 0.6) is 0 Å². The van der Waals surface area contributed by atoms with E-state index in [2.05, 4.69) is 4.72 Å². The standard InChI is InChI=1S/C19H21FN2O3S/c1-2-17(21-26(24,25)16-11-9-15(20)10-12-16)19(23)22-13-5-7-14-6-3-4-8-18(14)22/h3-4,6,8-12,17,21H,2,5,7,13H2,1H3. The fraction of sp³-hybridized carbons (Fsp3) is 0.316. The van der Waals surface area contributed by atoms with Crippen LogP contribution in [0.1, 0.15) is 25.3 Å². The average molecular weight is 376 g/mol. The molecule has 0 aliphatic carbocycles. The molecule has 2 aromatic carbocycles. The number of sulfonamides is 1. The summed E-state index contributed by atoms with van der Waals surface area (Å²) >= 11 is 0. The Bertz CT molecular complexity index is 897. The van der Waals surface area contributed by atoms with Gasteiger partial charge >= 0.3 is 0 Å². The van der Waals surface area contributed by atoms with Crippen LogP contribution in [0, 0.1) is 5.82 Å². The number of halogens is 1. The van der Waals surface area contributed by atoms with E-state index in [9.17, 15) is 17.6 Å². The molecule has 0 saturated heterocycles. The van der Waals surface area contributed by atoms with Crippen LogP contribution in [0.4, 0.5) is 10.1 Å². The fourth-order valence-corrected chi connectivity index (χ4v) is 4.40.